The Balaban J connectivity index is 1.67. The maximum absolute atomic E-state index is 13.2. The first kappa shape index (κ1) is 13.5. The Morgan fingerprint density at radius 1 is 1.47 bits per heavy atom. The van der Waals surface area contributed by atoms with Gasteiger partial charge in [0.15, 0.2) is 0 Å². The van der Waals surface area contributed by atoms with Crippen molar-refractivity contribution in [2.45, 2.75) is 31.8 Å². The van der Waals surface area contributed by atoms with Gasteiger partial charge >= 0.3 is 0 Å². The average Bonchev–Trinajstić information content (AvgIpc) is 3.18. The van der Waals surface area contributed by atoms with Crippen LogP contribution in [0, 0.1) is 11.7 Å². The van der Waals surface area contributed by atoms with Crippen LogP contribution in [-0.4, -0.2) is 30.1 Å². The lowest BCUT2D eigenvalue weighted by atomic mass is 9.92. The van der Waals surface area contributed by atoms with Gasteiger partial charge in [0, 0.05) is 31.7 Å². The van der Waals surface area contributed by atoms with Crippen molar-refractivity contribution in [2.75, 3.05) is 19.6 Å². The second kappa shape index (κ2) is 5.15. The summed E-state index contributed by atoms with van der Waals surface area (Å²) < 4.78 is 13.8. The Hall–Kier alpha value is -0.450. The number of benzene rings is 1. The maximum atomic E-state index is 13.2. The van der Waals surface area contributed by atoms with Crippen LogP contribution in [0.25, 0.3) is 0 Å². The third-order valence-corrected chi connectivity index (χ3v) is 4.99. The van der Waals surface area contributed by atoms with Crippen LogP contribution in [0.3, 0.4) is 0 Å². The molecule has 0 spiro atoms. The van der Waals surface area contributed by atoms with Gasteiger partial charge in [-0.05, 0) is 59.3 Å². The number of rotatable bonds is 3. The molecule has 19 heavy (non-hydrogen) atoms. The summed E-state index contributed by atoms with van der Waals surface area (Å²) in [4.78, 5) is 2.48. The molecule has 3 rings (SSSR count). The fourth-order valence-electron chi connectivity index (χ4n) is 3.12. The van der Waals surface area contributed by atoms with E-state index in [0.29, 0.717) is 4.47 Å². The van der Waals surface area contributed by atoms with Crippen molar-refractivity contribution in [3.05, 3.63) is 34.1 Å². The molecule has 4 heteroatoms. The van der Waals surface area contributed by atoms with Gasteiger partial charge in [-0.3, -0.25) is 4.90 Å². The fraction of sp³-hybridized carbons (Fsp3) is 0.600. The lowest BCUT2D eigenvalue weighted by molar-refractivity contribution is 0.121. The van der Waals surface area contributed by atoms with Crippen molar-refractivity contribution in [1.29, 1.82) is 0 Å². The van der Waals surface area contributed by atoms with E-state index in [9.17, 15) is 4.39 Å². The molecule has 2 aliphatic rings. The normalized spacial score (nSPS) is 28.6. The van der Waals surface area contributed by atoms with E-state index in [-0.39, 0.29) is 11.4 Å². The highest BCUT2D eigenvalue weighted by molar-refractivity contribution is 9.10. The van der Waals surface area contributed by atoms with E-state index in [4.69, 9.17) is 0 Å². The number of nitrogens with zero attached hydrogens (tertiary/aromatic N) is 1. The second-order valence-electron chi connectivity index (χ2n) is 6.08. The van der Waals surface area contributed by atoms with E-state index < -0.39 is 0 Å². The van der Waals surface area contributed by atoms with Gasteiger partial charge < -0.3 is 5.32 Å². The summed E-state index contributed by atoms with van der Waals surface area (Å²) >= 11 is 3.26. The first-order chi connectivity index (χ1) is 9.07. The highest BCUT2D eigenvalue weighted by Crippen LogP contribution is 2.40. The van der Waals surface area contributed by atoms with E-state index in [1.165, 1.54) is 18.4 Å². The van der Waals surface area contributed by atoms with E-state index >= 15 is 0 Å². The lowest BCUT2D eigenvalue weighted by Gasteiger charge is -2.42. The van der Waals surface area contributed by atoms with Gasteiger partial charge in [-0.25, -0.2) is 4.39 Å². The van der Waals surface area contributed by atoms with E-state index in [1.54, 1.807) is 6.07 Å². The monoisotopic (exact) mass is 326 g/mol. The van der Waals surface area contributed by atoms with Crippen molar-refractivity contribution >= 4 is 15.9 Å². The van der Waals surface area contributed by atoms with Gasteiger partial charge in [0.25, 0.3) is 0 Å². The molecular formula is C15H20BrFN2. The number of halogens is 2. The molecule has 1 saturated carbocycles. The molecule has 2 nitrogen and oxygen atoms in total. The summed E-state index contributed by atoms with van der Waals surface area (Å²) in [5.74, 6) is 0.655. The molecule has 0 bridgehead atoms. The molecule has 1 unspecified atom stereocenters. The molecule has 1 aliphatic carbocycles. The molecule has 1 N–H and O–H groups in total. The standard InChI is InChI=1S/C15H20BrFN2/c1-15(12-3-4-12)10-19(7-6-18-15)9-11-2-5-14(17)13(16)8-11/h2,5,8,12,18H,3-4,6-7,9-10H2,1H3. The molecule has 104 valence electrons. The topological polar surface area (TPSA) is 15.3 Å². The molecule has 0 amide bonds. The van der Waals surface area contributed by atoms with E-state index in [1.807, 2.05) is 12.1 Å². The molecule has 1 aromatic carbocycles. The van der Waals surface area contributed by atoms with E-state index in [0.717, 1.165) is 32.1 Å². The Morgan fingerprint density at radius 3 is 2.95 bits per heavy atom. The third kappa shape index (κ3) is 3.01. The summed E-state index contributed by atoms with van der Waals surface area (Å²) in [7, 11) is 0. The molecule has 0 radical (unpaired) electrons. The molecule has 1 heterocycles. The van der Waals surface area contributed by atoms with Crippen LogP contribution in [0.4, 0.5) is 4.39 Å². The minimum atomic E-state index is -0.188. The molecule has 2 fully saturated rings. The highest BCUT2D eigenvalue weighted by Gasteiger charge is 2.43. The van der Waals surface area contributed by atoms with Gasteiger partial charge in [-0.1, -0.05) is 6.07 Å². The Morgan fingerprint density at radius 2 is 2.26 bits per heavy atom. The van der Waals surface area contributed by atoms with Gasteiger partial charge in [-0.15, -0.1) is 0 Å². The zero-order chi connectivity index (χ0) is 13.5. The SMILES string of the molecule is CC1(C2CC2)CN(Cc2ccc(F)c(Br)c2)CCN1. The molecule has 0 aromatic heterocycles. The Labute approximate surface area is 122 Å². The lowest BCUT2D eigenvalue weighted by Crippen LogP contribution is -2.59. The van der Waals surface area contributed by atoms with Crippen molar-refractivity contribution < 1.29 is 4.39 Å². The fourth-order valence-corrected chi connectivity index (χ4v) is 3.55. The predicted octanol–water partition coefficient (Wildman–Crippen LogP) is 3.16. The largest absolute Gasteiger partial charge is 0.309 e. The Bertz CT molecular complexity index is 475. The van der Waals surface area contributed by atoms with Crippen molar-refractivity contribution in [3.63, 3.8) is 0 Å². The zero-order valence-corrected chi connectivity index (χ0v) is 12.8. The van der Waals surface area contributed by atoms with Crippen LogP contribution in [0.5, 0.6) is 0 Å². The molecule has 1 saturated heterocycles. The zero-order valence-electron chi connectivity index (χ0n) is 11.3. The first-order valence-electron chi connectivity index (χ1n) is 6.98. The molecule has 1 aromatic rings. The number of hydrogen-bond acceptors (Lipinski definition) is 2. The average molecular weight is 327 g/mol. The smallest absolute Gasteiger partial charge is 0.137 e. The van der Waals surface area contributed by atoms with Crippen LogP contribution in [0.2, 0.25) is 0 Å². The number of nitrogens with one attached hydrogen (secondary N) is 1. The Kier molecular flexibility index (Phi) is 3.67. The highest BCUT2D eigenvalue weighted by atomic mass is 79.9. The molecule has 1 atom stereocenters. The summed E-state index contributed by atoms with van der Waals surface area (Å²) in [6.07, 6.45) is 2.72. The van der Waals surface area contributed by atoms with Crippen molar-refractivity contribution in [2.24, 2.45) is 5.92 Å². The van der Waals surface area contributed by atoms with Crippen molar-refractivity contribution in [1.82, 2.24) is 10.2 Å². The predicted molar refractivity (Wildman–Crippen MR) is 78.5 cm³/mol. The van der Waals surface area contributed by atoms with Gasteiger partial charge in [0.1, 0.15) is 5.82 Å². The summed E-state index contributed by atoms with van der Waals surface area (Å²) in [6.45, 7) is 6.46. The molecular weight excluding hydrogens is 307 g/mol. The van der Waals surface area contributed by atoms with Crippen LogP contribution in [0.15, 0.2) is 22.7 Å². The van der Waals surface area contributed by atoms with Crippen LogP contribution in [-0.2, 0) is 6.54 Å². The summed E-state index contributed by atoms with van der Waals surface area (Å²) in [5.41, 5.74) is 1.45. The van der Waals surface area contributed by atoms with Gasteiger partial charge in [0.05, 0.1) is 4.47 Å². The summed E-state index contributed by atoms with van der Waals surface area (Å²) in [5, 5.41) is 3.68. The van der Waals surface area contributed by atoms with Crippen LogP contribution < -0.4 is 5.32 Å². The van der Waals surface area contributed by atoms with E-state index in [2.05, 4.69) is 33.1 Å². The van der Waals surface area contributed by atoms with Gasteiger partial charge in [0.2, 0.25) is 0 Å². The minimum absolute atomic E-state index is 0.188. The van der Waals surface area contributed by atoms with Gasteiger partial charge in [-0.2, -0.15) is 0 Å². The van der Waals surface area contributed by atoms with Crippen LogP contribution >= 0.6 is 15.9 Å². The molecule has 1 aliphatic heterocycles. The second-order valence-corrected chi connectivity index (χ2v) is 6.93. The first-order valence-corrected chi connectivity index (χ1v) is 7.77. The number of hydrogen-bond donors (Lipinski definition) is 1. The summed E-state index contributed by atoms with van der Waals surface area (Å²) in [6, 6.07) is 5.32. The quantitative estimate of drug-likeness (QED) is 0.917. The maximum Gasteiger partial charge on any atom is 0.137 e. The van der Waals surface area contributed by atoms with Crippen LogP contribution in [0.1, 0.15) is 25.3 Å². The minimum Gasteiger partial charge on any atom is -0.309 e. The van der Waals surface area contributed by atoms with Crippen molar-refractivity contribution in [3.8, 4) is 0 Å². The number of piperazine rings is 1. The third-order valence-electron chi connectivity index (χ3n) is 4.38.